The van der Waals surface area contributed by atoms with E-state index < -0.39 is 0 Å². The minimum atomic E-state index is -0.0952. The van der Waals surface area contributed by atoms with E-state index >= 15 is 0 Å². The van der Waals surface area contributed by atoms with Crippen molar-refractivity contribution in [3.05, 3.63) is 69.7 Å². The zero-order valence-corrected chi connectivity index (χ0v) is 20.2. The van der Waals surface area contributed by atoms with Crippen LogP contribution in [0, 0.1) is 0 Å². The molecule has 8 heteroatoms. The van der Waals surface area contributed by atoms with Crippen LogP contribution in [-0.2, 0) is 19.8 Å². The van der Waals surface area contributed by atoms with Crippen molar-refractivity contribution in [2.75, 3.05) is 14.2 Å². The molecule has 3 aromatic rings. The maximum Gasteiger partial charge on any atom is 0.254 e. The van der Waals surface area contributed by atoms with E-state index in [0.717, 1.165) is 17.0 Å². The molecule has 7 nitrogen and oxygen atoms in total. The summed E-state index contributed by atoms with van der Waals surface area (Å²) in [5.41, 5.74) is 2.14. The summed E-state index contributed by atoms with van der Waals surface area (Å²) in [6, 6.07) is 12.9. The zero-order chi connectivity index (χ0) is 23.8. The highest BCUT2D eigenvalue weighted by Crippen LogP contribution is 2.30. The van der Waals surface area contributed by atoms with Crippen LogP contribution in [0.4, 0.5) is 0 Å². The third-order valence-corrected chi connectivity index (χ3v) is 6.26. The van der Waals surface area contributed by atoms with Crippen molar-refractivity contribution in [1.29, 1.82) is 0 Å². The largest absolute Gasteiger partial charge is 0.497 e. The summed E-state index contributed by atoms with van der Waals surface area (Å²) >= 11 is 1.43. The second-order valence-corrected chi connectivity index (χ2v) is 8.53. The van der Waals surface area contributed by atoms with Gasteiger partial charge >= 0.3 is 0 Å². The Balaban J connectivity index is 1.81. The van der Waals surface area contributed by atoms with Crippen LogP contribution in [0.2, 0.25) is 0 Å². The molecule has 1 amide bonds. The Bertz CT molecular complexity index is 1070. The quantitative estimate of drug-likeness (QED) is 0.439. The molecule has 1 N–H and O–H groups in total. The maximum atomic E-state index is 13.4. The highest BCUT2D eigenvalue weighted by atomic mass is 32.1. The predicted molar refractivity (Wildman–Crippen MR) is 128 cm³/mol. The maximum absolute atomic E-state index is 13.4. The molecule has 1 heterocycles. The Kier molecular flexibility index (Phi) is 8.68. The normalized spacial score (nSPS) is 11.7. The predicted octanol–water partition coefficient (Wildman–Crippen LogP) is 4.67. The molecule has 0 aliphatic rings. The van der Waals surface area contributed by atoms with Crippen LogP contribution in [0.15, 0.2) is 47.8 Å². The number of thiazole rings is 1. The minimum Gasteiger partial charge on any atom is -0.497 e. The van der Waals surface area contributed by atoms with E-state index in [9.17, 15) is 9.90 Å². The first kappa shape index (κ1) is 24.5. The van der Waals surface area contributed by atoms with Gasteiger partial charge in [0.05, 0.1) is 26.5 Å². The molecule has 0 saturated carbocycles. The lowest BCUT2D eigenvalue weighted by molar-refractivity contribution is 0.0671. The van der Waals surface area contributed by atoms with E-state index in [1.807, 2.05) is 42.2 Å². The summed E-state index contributed by atoms with van der Waals surface area (Å²) in [7, 11) is 3.18. The Hall–Kier alpha value is -3.10. The lowest BCUT2D eigenvalue weighted by atomic mass is 10.1. The van der Waals surface area contributed by atoms with Crippen molar-refractivity contribution < 1.29 is 24.1 Å². The van der Waals surface area contributed by atoms with E-state index in [2.05, 4.69) is 11.9 Å². The molecular formula is C25H30N2O5S. The molecule has 3 rings (SSSR count). The van der Waals surface area contributed by atoms with Crippen LogP contribution in [-0.4, -0.2) is 41.2 Å². The van der Waals surface area contributed by atoms with Crippen molar-refractivity contribution in [3.63, 3.8) is 0 Å². The molecular weight excluding hydrogens is 440 g/mol. The number of nitrogens with zero attached hydrogens (tertiary/aromatic N) is 2. The molecule has 0 unspecified atom stereocenters. The summed E-state index contributed by atoms with van der Waals surface area (Å²) < 4.78 is 16.7. The number of hydrogen-bond acceptors (Lipinski definition) is 7. The smallest absolute Gasteiger partial charge is 0.254 e. The van der Waals surface area contributed by atoms with Crippen LogP contribution in [0.5, 0.6) is 17.2 Å². The van der Waals surface area contributed by atoms with Crippen molar-refractivity contribution in [2.45, 2.75) is 46.1 Å². The average molecular weight is 471 g/mol. The van der Waals surface area contributed by atoms with Crippen LogP contribution < -0.4 is 14.2 Å². The van der Waals surface area contributed by atoms with E-state index in [1.54, 1.807) is 31.7 Å². The van der Waals surface area contributed by atoms with Crippen molar-refractivity contribution in [3.8, 4) is 17.2 Å². The van der Waals surface area contributed by atoms with Crippen molar-refractivity contribution in [2.24, 2.45) is 0 Å². The minimum absolute atomic E-state index is 0.0439. The average Bonchev–Trinajstić information content (AvgIpc) is 3.33. The van der Waals surface area contributed by atoms with Gasteiger partial charge in [-0.2, -0.15) is 0 Å². The van der Waals surface area contributed by atoms with Crippen LogP contribution in [0.25, 0.3) is 0 Å². The van der Waals surface area contributed by atoms with Gasteiger partial charge in [-0.25, -0.2) is 4.98 Å². The Morgan fingerprint density at radius 1 is 1.15 bits per heavy atom. The number of amides is 1. The molecule has 0 aliphatic heterocycles. The first-order valence-electron chi connectivity index (χ1n) is 10.8. The lowest BCUT2D eigenvalue weighted by Gasteiger charge is -2.29. The number of hydrogen-bond donors (Lipinski definition) is 1. The fourth-order valence-electron chi connectivity index (χ4n) is 3.33. The first-order chi connectivity index (χ1) is 16.0. The number of aliphatic hydroxyl groups excluding tert-OH is 1. The number of aromatic nitrogens is 1. The molecule has 0 bridgehead atoms. The number of carbonyl (C=O) groups excluding carboxylic acids is 1. The summed E-state index contributed by atoms with van der Waals surface area (Å²) in [5.74, 6) is 1.78. The van der Waals surface area contributed by atoms with Gasteiger partial charge in [0.1, 0.15) is 17.4 Å². The Morgan fingerprint density at radius 3 is 2.64 bits per heavy atom. The number of rotatable bonds is 11. The molecule has 0 spiro atoms. The first-order valence-corrected chi connectivity index (χ1v) is 11.7. The van der Waals surface area contributed by atoms with Gasteiger partial charge in [-0.15, -0.1) is 11.3 Å². The van der Waals surface area contributed by atoms with Crippen LogP contribution in [0.1, 0.15) is 46.9 Å². The van der Waals surface area contributed by atoms with Gasteiger partial charge in [0, 0.05) is 23.5 Å². The second-order valence-electron chi connectivity index (χ2n) is 7.59. The van der Waals surface area contributed by atoms with Gasteiger partial charge in [-0.1, -0.05) is 19.1 Å². The monoisotopic (exact) mass is 470 g/mol. The Morgan fingerprint density at radius 2 is 1.97 bits per heavy atom. The third kappa shape index (κ3) is 6.24. The van der Waals surface area contributed by atoms with Gasteiger partial charge < -0.3 is 24.2 Å². The van der Waals surface area contributed by atoms with E-state index in [4.69, 9.17) is 14.2 Å². The molecule has 33 heavy (non-hydrogen) atoms. The number of ether oxygens (including phenoxy) is 3. The topological polar surface area (TPSA) is 81.1 Å². The van der Waals surface area contributed by atoms with Gasteiger partial charge in [0.25, 0.3) is 5.91 Å². The molecule has 0 saturated heterocycles. The molecule has 1 aromatic heterocycles. The van der Waals surface area contributed by atoms with Gasteiger partial charge in [-0.3, -0.25) is 4.79 Å². The van der Waals surface area contributed by atoms with E-state index in [1.165, 1.54) is 11.3 Å². The van der Waals surface area contributed by atoms with Crippen LogP contribution in [0.3, 0.4) is 0 Å². The third-order valence-electron chi connectivity index (χ3n) is 5.39. The molecule has 0 radical (unpaired) electrons. The lowest BCUT2D eigenvalue weighted by Crippen LogP contribution is -2.37. The van der Waals surface area contributed by atoms with Gasteiger partial charge in [0.2, 0.25) is 0 Å². The summed E-state index contributed by atoms with van der Waals surface area (Å²) in [5, 5.41) is 11.8. The number of methoxy groups -OCH3 is 2. The number of benzene rings is 2. The summed E-state index contributed by atoms with van der Waals surface area (Å²) in [6.07, 6.45) is 0.826. The summed E-state index contributed by atoms with van der Waals surface area (Å²) in [6.45, 7) is 4.70. The molecule has 2 aromatic carbocycles. The van der Waals surface area contributed by atoms with E-state index in [-0.39, 0.29) is 25.2 Å². The molecule has 1 atom stereocenters. The van der Waals surface area contributed by atoms with Gasteiger partial charge in [0.15, 0.2) is 11.5 Å². The van der Waals surface area contributed by atoms with E-state index in [0.29, 0.717) is 35.1 Å². The summed E-state index contributed by atoms with van der Waals surface area (Å²) in [4.78, 5) is 19.5. The van der Waals surface area contributed by atoms with Crippen LogP contribution >= 0.6 is 11.3 Å². The number of carbonyl (C=O) groups is 1. The zero-order valence-electron chi connectivity index (χ0n) is 19.4. The fraction of sp³-hybridized carbons (Fsp3) is 0.360. The highest BCUT2D eigenvalue weighted by molar-refractivity contribution is 7.09. The second kappa shape index (κ2) is 11.7. The molecule has 0 aliphatic carbocycles. The Labute approximate surface area is 198 Å². The SMILES string of the molecule is CC[C@H](C)N(Cc1ccc(OC)c(OCc2nc(CO)cs2)c1)C(=O)c1cccc(OC)c1. The molecule has 176 valence electrons. The van der Waals surface area contributed by atoms with Crippen molar-refractivity contribution >= 4 is 17.2 Å². The van der Waals surface area contributed by atoms with Crippen molar-refractivity contribution in [1.82, 2.24) is 9.88 Å². The fourth-order valence-corrected chi connectivity index (χ4v) is 4.02. The van der Waals surface area contributed by atoms with Gasteiger partial charge in [-0.05, 0) is 49.2 Å². The standard InChI is InChI=1S/C25H30N2O5S/c1-5-17(2)27(25(29)19-7-6-8-21(12-19)30-3)13-18-9-10-22(31-4)23(11-18)32-15-24-26-20(14-28)16-33-24/h6-12,16-17,28H,5,13-15H2,1-4H3/t17-/m0/s1. The molecule has 0 fully saturated rings. The highest BCUT2D eigenvalue weighted by Gasteiger charge is 2.22. The number of aliphatic hydroxyl groups is 1.